The van der Waals surface area contributed by atoms with Crippen molar-refractivity contribution in [2.75, 3.05) is 33.0 Å². The van der Waals surface area contributed by atoms with Gasteiger partial charge in [-0.15, -0.1) is 0 Å². The third kappa shape index (κ3) is 12.1. The Morgan fingerprint density at radius 3 is 2.23 bits per heavy atom. The number of hydrogen-bond acceptors (Lipinski definition) is 3. The van der Waals surface area contributed by atoms with Crippen molar-refractivity contribution in [3.8, 4) is 0 Å². The summed E-state index contributed by atoms with van der Waals surface area (Å²) in [4.78, 5) is 0. The van der Waals surface area contributed by atoms with E-state index in [1.165, 1.54) is 6.42 Å². The Bertz CT molecular complexity index is 109. The summed E-state index contributed by atoms with van der Waals surface area (Å²) in [7, 11) is 0.712. The molecule has 0 atom stereocenters. The molecule has 0 heterocycles. The van der Waals surface area contributed by atoms with Gasteiger partial charge in [0, 0.05) is 15.0 Å². The van der Waals surface area contributed by atoms with Crippen LogP contribution in [0.2, 0.25) is 0 Å². The quantitative estimate of drug-likeness (QED) is 0.405. The van der Waals surface area contributed by atoms with Crippen molar-refractivity contribution >= 4 is 14.7 Å². The van der Waals surface area contributed by atoms with Crippen molar-refractivity contribution in [3.05, 3.63) is 0 Å². The zero-order valence-corrected chi connectivity index (χ0v) is 9.22. The Morgan fingerprint density at radius 2 is 1.62 bits per heavy atom. The van der Waals surface area contributed by atoms with Gasteiger partial charge in [-0.25, -0.2) is 0 Å². The maximum absolute atomic E-state index is 5.30. The Hall–Kier alpha value is 0.0500. The van der Waals surface area contributed by atoms with Gasteiger partial charge in [-0.05, 0) is 12.7 Å². The van der Waals surface area contributed by atoms with Crippen LogP contribution in [0.5, 0.6) is 0 Å². The minimum Gasteiger partial charge on any atom is -0.379 e. The second kappa shape index (κ2) is 12.0. The number of unbranched alkanes of at least 4 members (excludes halogenated alkanes) is 1. The second-order valence-corrected chi connectivity index (χ2v) is 3.06. The van der Waals surface area contributed by atoms with E-state index in [-0.39, 0.29) is 0 Å². The van der Waals surface area contributed by atoms with E-state index in [9.17, 15) is 0 Å². The highest BCUT2D eigenvalue weighted by atomic mass is 31.1. The van der Waals surface area contributed by atoms with Crippen LogP contribution in [0.1, 0.15) is 19.8 Å². The third-order valence-corrected chi connectivity index (χ3v) is 1.79. The SMILES string of the molecule is C=POCCOCCOCCCC. The molecule has 4 heteroatoms. The van der Waals surface area contributed by atoms with E-state index >= 15 is 0 Å². The van der Waals surface area contributed by atoms with Crippen LogP contribution in [0.3, 0.4) is 0 Å². The molecule has 0 aromatic carbocycles. The highest BCUT2D eigenvalue weighted by molar-refractivity contribution is 7.30. The van der Waals surface area contributed by atoms with E-state index in [1.54, 1.807) is 0 Å². The largest absolute Gasteiger partial charge is 0.379 e. The van der Waals surface area contributed by atoms with Gasteiger partial charge >= 0.3 is 0 Å². The monoisotopic (exact) mass is 206 g/mol. The summed E-state index contributed by atoms with van der Waals surface area (Å²) < 4.78 is 15.5. The molecular weight excluding hydrogens is 187 g/mol. The number of ether oxygens (including phenoxy) is 2. The predicted molar refractivity (Wildman–Crippen MR) is 56.5 cm³/mol. The average Bonchev–Trinajstić information content (AvgIpc) is 2.16. The Labute approximate surface area is 82.3 Å². The molecule has 3 nitrogen and oxygen atoms in total. The summed E-state index contributed by atoms with van der Waals surface area (Å²) >= 11 is 0. The van der Waals surface area contributed by atoms with Crippen LogP contribution in [-0.4, -0.2) is 39.3 Å². The van der Waals surface area contributed by atoms with E-state index in [4.69, 9.17) is 14.0 Å². The van der Waals surface area contributed by atoms with E-state index < -0.39 is 0 Å². The Morgan fingerprint density at radius 1 is 1.00 bits per heavy atom. The molecule has 0 spiro atoms. The second-order valence-electron chi connectivity index (χ2n) is 2.54. The van der Waals surface area contributed by atoms with Crippen molar-refractivity contribution in [3.63, 3.8) is 0 Å². The first kappa shape index (κ1) is 13.1. The fourth-order valence-corrected chi connectivity index (χ4v) is 0.933. The molecule has 0 amide bonds. The Balaban J connectivity index is 2.79. The minimum absolute atomic E-state index is 0.611. The van der Waals surface area contributed by atoms with Crippen LogP contribution in [0.25, 0.3) is 0 Å². The zero-order valence-electron chi connectivity index (χ0n) is 8.33. The summed E-state index contributed by atoms with van der Waals surface area (Å²) in [6.07, 6.45) is 5.83. The summed E-state index contributed by atoms with van der Waals surface area (Å²) in [5.41, 5.74) is 0. The maximum atomic E-state index is 5.30. The first-order chi connectivity index (χ1) is 6.41. The van der Waals surface area contributed by atoms with Gasteiger partial charge in [-0.3, -0.25) is 0 Å². The van der Waals surface area contributed by atoms with Gasteiger partial charge in [-0.2, -0.15) is 0 Å². The normalized spacial score (nSPS) is 10.8. The first-order valence-electron chi connectivity index (χ1n) is 4.65. The standard InChI is InChI=1S/C9H19O3P/c1-3-4-5-10-6-7-11-8-9-12-13-2/h2-9H2,1H3. The molecule has 0 aliphatic heterocycles. The zero-order chi connectivity index (χ0) is 9.78. The molecule has 0 unspecified atom stereocenters. The molecule has 78 valence electrons. The van der Waals surface area contributed by atoms with Crippen LogP contribution in [-0.2, 0) is 14.0 Å². The number of rotatable bonds is 10. The molecule has 0 fully saturated rings. The average molecular weight is 206 g/mol. The van der Waals surface area contributed by atoms with Gasteiger partial charge in [-0.1, -0.05) is 13.3 Å². The first-order valence-corrected chi connectivity index (χ1v) is 5.65. The molecule has 0 bridgehead atoms. The predicted octanol–water partition coefficient (Wildman–Crippen LogP) is 2.13. The molecule has 13 heavy (non-hydrogen) atoms. The molecule has 0 saturated carbocycles. The van der Waals surface area contributed by atoms with Gasteiger partial charge in [0.15, 0.2) is 0 Å². The molecule has 0 aliphatic rings. The Kier molecular flexibility index (Phi) is 12.1. The van der Waals surface area contributed by atoms with Crippen molar-refractivity contribution in [1.29, 1.82) is 0 Å². The van der Waals surface area contributed by atoms with E-state index in [0.717, 1.165) is 13.0 Å². The molecule has 0 radical (unpaired) electrons. The van der Waals surface area contributed by atoms with Crippen molar-refractivity contribution in [2.45, 2.75) is 19.8 Å². The summed E-state index contributed by atoms with van der Waals surface area (Å²) in [5.74, 6) is 0. The lowest BCUT2D eigenvalue weighted by molar-refractivity contribution is 0.0375. The highest BCUT2D eigenvalue weighted by Crippen LogP contribution is 1.92. The molecule has 0 aliphatic carbocycles. The molecule has 0 N–H and O–H groups in total. The smallest absolute Gasteiger partial charge is 0.0808 e. The highest BCUT2D eigenvalue weighted by Gasteiger charge is 1.89. The van der Waals surface area contributed by atoms with Crippen molar-refractivity contribution in [1.82, 2.24) is 0 Å². The van der Waals surface area contributed by atoms with Gasteiger partial charge in [0.1, 0.15) is 0 Å². The topological polar surface area (TPSA) is 27.7 Å². The molecule has 0 saturated heterocycles. The molecular formula is C9H19O3P. The van der Waals surface area contributed by atoms with E-state index in [0.29, 0.717) is 34.9 Å². The fourth-order valence-electron chi connectivity index (χ4n) is 0.729. The van der Waals surface area contributed by atoms with Crippen LogP contribution in [0, 0.1) is 0 Å². The summed E-state index contributed by atoms with van der Waals surface area (Å²) in [6.45, 7) is 5.56. The van der Waals surface area contributed by atoms with Crippen LogP contribution in [0.15, 0.2) is 0 Å². The van der Waals surface area contributed by atoms with Gasteiger partial charge in [0.05, 0.1) is 26.4 Å². The van der Waals surface area contributed by atoms with Gasteiger partial charge in [0.25, 0.3) is 0 Å². The minimum atomic E-state index is 0.611. The van der Waals surface area contributed by atoms with Crippen LogP contribution >= 0.6 is 8.43 Å². The summed E-state index contributed by atoms with van der Waals surface area (Å²) in [5, 5.41) is 0. The lowest BCUT2D eigenvalue weighted by Gasteiger charge is -2.04. The van der Waals surface area contributed by atoms with Crippen molar-refractivity contribution in [2.24, 2.45) is 0 Å². The molecule has 0 aromatic heterocycles. The van der Waals surface area contributed by atoms with Gasteiger partial charge in [0.2, 0.25) is 0 Å². The third-order valence-electron chi connectivity index (χ3n) is 1.42. The van der Waals surface area contributed by atoms with Gasteiger partial charge < -0.3 is 14.0 Å². The lowest BCUT2D eigenvalue weighted by atomic mass is 10.4. The maximum Gasteiger partial charge on any atom is 0.0808 e. The lowest BCUT2D eigenvalue weighted by Crippen LogP contribution is -2.08. The van der Waals surface area contributed by atoms with Crippen molar-refractivity contribution < 1.29 is 14.0 Å². The van der Waals surface area contributed by atoms with E-state index in [1.807, 2.05) is 0 Å². The van der Waals surface area contributed by atoms with Crippen LogP contribution < -0.4 is 0 Å². The number of hydrogen-bond donors (Lipinski definition) is 0. The van der Waals surface area contributed by atoms with E-state index in [2.05, 4.69) is 13.2 Å². The fraction of sp³-hybridized carbons (Fsp3) is 0.889. The molecule has 0 rings (SSSR count). The summed E-state index contributed by atoms with van der Waals surface area (Å²) in [6, 6.07) is 0. The molecule has 0 aromatic rings. The van der Waals surface area contributed by atoms with Crippen LogP contribution in [0.4, 0.5) is 0 Å².